The van der Waals surface area contributed by atoms with Crippen LogP contribution in [0.25, 0.3) is 0 Å². The number of carbonyl (C=O) groups excluding carboxylic acids is 1. The van der Waals surface area contributed by atoms with Crippen molar-refractivity contribution in [3.8, 4) is 0 Å². The molecule has 1 aromatic rings. The highest BCUT2D eigenvalue weighted by molar-refractivity contribution is 7.99. The Balaban J connectivity index is 1.74. The molecule has 0 aromatic heterocycles. The second kappa shape index (κ2) is 4.92. The van der Waals surface area contributed by atoms with Crippen molar-refractivity contribution in [2.24, 2.45) is 11.8 Å². The summed E-state index contributed by atoms with van der Waals surface area (Å²) in [6, 6.07) is 5.87. The molecule has 2 aliphatic heterocycles. The van der Waals surface area contributed by atoms with E-state index in [1.807, 2.05) is 16.7 Å². The molecule has 1 amide bonds. The number of hydrogen-bond donors (Lipinski definition) is 0. The third-order valence-corrected chi connectivity index (χ3v) is 5.12. The van der Waals surface area contributed by atoms with E-state index in [0.717, 1.165) is 13.1 Å². The van der Waals surface area contributed by atoms with Gasteiger partial charge in [-0.25, -0.2) is 4.39 Å². The van der Waals surface area contributed by atoms with Gasteiger partial charge in [-0.1, -0.05) is 0 Å². The minimum atomic E-state index is -0.293. The van der Waals surface area contributed by atoms with Crippen molar-refractivity contribution in [1.82, 2.24) is 4.90 Å². The van der Waals surface area contributed by atoms with Crippen LogP contribution in [0.15, 0.2) is 24.3 Å². The Bertz CT molecular complexity index is 436. The molecule has 0 radical (unpaired) electrons. The SMILES string of the molecule is O=C(c1ccc(F)cc1)N1C[C@H]2CSC[C@@H](C2)C1. The van der Waals surface area contributed by atoms with Crippen LogP contribution in [0.1, 0.15) is 16.8 Å². The van der Waals surface area contributed by atoms with E-state index in [9.17, 15) is 9.18 Å². The molecule has 0 spiro atoms. The number of halogens is 1. The highest BCUT2D eigenvalue weighted by atomic mass is 32.2. The molecular formula is C14H16FNOS. The monoisotopic (exact) mass is 265 g/mol. The van der Waals surface area contributed by atoms with Crippen molar-refractivity contribution in [1.29, 1.82) is 0 Å². The van der Waals surface area contributed by atoms with Gasteiger partial charge < -0.3 is 4.90 Å². The third-order valence-electron chi connectivity index (χ3n) is 3.71. The maximum absolute atomic E-state index is 12.9. The predicted molar refractivity (Wildman–Crippen MR) is 71.2 cm³/mol. The van der Waals surface area contributed by atoms with Crippen molar-refractivity contribution in [3.05, 3.63) is 35.6 Å². The van der Waals surface area contributed by atoms with Gasteiger partial charge >= 0.3 is 0 Å². The summed E-state index contributed by atoms with van der Waals surface area (Å²) in [5.41, 5.74) is 0.601. The number of piperidine rings is 1. The Hall–Kier alpha value is -1.03. The highest BCUT2D eigenvalue weighted by Gasteiger charge is 2.33. The van der Waals surface area contributed by atoms with Gasteiger partial charge in [0.1, 0.15) is 5.82 Å². The molecule has 1 aromatic carbocycles. The molecule has 2 bridgehead atoms. The van der Waals surface area contributed by atoms with Crippen LogP contribution in [0.2, 0.25) is 0 Å². The van der Waals surface area contributed by atoms with Gasteiger partial charge in [-0.15, -0.1) is 0 Å². The van der Waals surface area contributed by atoms with Crippen molar-refractivity contribution < 1.29 is 9.18 Å². The van der Waals surface area contributed by atoms with Gasteiger partial charge in [-0.05, 0) is 54.0 Å². The van der Waals surface area contributed by atoms with Gasteiger partial charge in [0.05, 0.1) is 0 Å². The van der Waals surface area contributed by atoms with Crippen molar-refractivity contribution in [2.45, 2.75) is 6.42 Å². The topological polar surface area (TPSA) is 20.3 Å². The fourth-order valence-electron chi connectivity index (χ4n) is 2.90. The first-order valence-electron chi connectivity index (χ1n) is 6.35. The quantitative estimate of drug-likeness (QED) is 0.778. The van der Waals surface area contributed by atoms with Crippen LogP contribution in [0, 0.1) is 17.7 Å². The minimum absolute atomic E-state index is 0.0524. The van der Waals surface area contributed by atoms with E-state index in [1.54, 1.807) is 12.1 Å². The Morgan fingerprint density at radius 3 is 2.39 bits per heavy atom. The lowest BCUT2D eigenvalue weighted by molar-refractivity contribution is 0.0622. The second-order valence-electron chi connectivity index (χ2n) is 5.22. The molecule has 2 atom stereocenters. The molecule has 2 saturated heterocycles. The summed E-state index contributed by atoms with van der Waals surface area (Å²) >= 11 is 2.01. The van der Waals surface area contributed by atoms with Crippen LogP contribution in [0.3, 0.4) is 0 Å². The zero-order valence-electron chi connectivity index (χ0n) is 10.1. The summed E-state index contributed by atoms with van der Waals surface area (Å²) in [6.45, 7) is 1.72. The van der Waals surface area contributed by atoms with Gasteiger partial charge in [0.15, 0.2) is 0 Å². The molecule has 2 aliphatic rings. The average molecular weight is 265 g/mol. The lowest BCUT2D eigenvalue weighted by Crippen LogP contribution is -2.47. The molecular weight excluding hydrogens is 249 g/mol. The lowest BCUT2D eigenvalue weighted by Gasteiger charge is -2.41. The fourth-order valence-corrected chi connectivity index (χ4v) is 4.19. The van der Waals surface area contributed by atoms with Crippen LogP contribution in [-0.2, 0) is 0 Å². The largest absolute Gasteiger partial charge is 0.338 e. The number of carbonyl (C=O) groups is 1. The molecule has 0 unspecified atom stereocenters. The smallest absolute Gasteiger partial charge is 0.253 e. The first kappa shape index (κ1) is 12.0. The molecule has 2 heterocycles. The molecule has 0 saturated carbocycles. The number of likely N-dealkylation sites (tertiary alicyclic amines) is 1. The Labute approximate surface area is 111 Å². The van der Waals surface area contributed by atoms with Crippen molar-refractivity contribution in [3.63, 3.8) is 0 Å². The van der Waals surface area contributed by atoms with Crippen LogP contribution in [0.5, 0.6) is 0 Å². The number of fused-ring (bicyclic) bond motifs is 2. The van der Waals surface area contributed by atoms with E-state index < -0.39 is 0 Å². The van der Waals surface area contributed by atoms with Crippen LogP contribution in [-0.4, -0.2) is 35.4 Å². The van der Waals surface area contributed by atoms with Gasteiger partial charge in [-0.2, -0.15) is 11.8 Å². The first-order chi connectivity index (χ1) is 8.72. The van der Waals surface area contributed by atoms with Crippen LogP contribution >= 0.6 is 11.8 Å². The predicted octanol–water partition coefficient (Wildman–Crippen LogP) is 2.65. The van der Waals surface area contributed by atoms with Gasteiger partial charge in [0.2, 0.25) is 0 Å². The lowest BCUT2D eigenvalue weighted by atomic mass is 9.90. The standard InChI is InChI=1S/C14H16FNOS/c15-13-3-1-12(2-4-13)14(17)16-6-10-5-11(7-16)9-18-8-10/h1-4,10-11H,5-9H2/t10-,11-/m0/s1. The number of nitrogens with zero attached hydrogens (tertiary/aromatic N) is 1. The molecule has 2 fully saturated rings. The summed E-state index contributed by atoms with van der Waals surface area (Å²) in [4.78, 5) is 14.3. The molecule has 96 valence electrons. The number of benzene rings is 1. The third kappa shape index (κ3) is 2.39. The van der Waals surface area contributed by atoms with Crippen LogP contribution < -0.4 is 0 Å². The summed E-state index contributed by atoms with van der Waals surface area (Å²) in [6.07, 6.45) is 1.26. The summed E-state index contributed by atoms with van der Waals surface area (Å²) in [5.74, 6) is 3.39. The fraction of sp³-hybridized carbons (Fsp3) is 0.500. The zero-order chi connectivity index (χ0) is 12.5. The van der Waals surface area contributed by atoms with E-state index in [0.29, 0.717) is 17.4 Å². The van der Waals surface area contributed by atoms with Crippen molar-refractivity contribution >= 4 is 17.7 Å². The number of amides is 1. The summed E-state index contributed by atoms with van der Waals surface area (Å²) < 4.78 is 12.9. The average Bonchev–Trinajstić information content (AvgIpc) is 2.38. The van der Waals surface area contributed by atoms with Gasteiger partial charge in [0.25, 0.3) is 5.91 Å². The molecule has 2 nitrogen and oxygen atoms in total. The van der Waals surface area contributed by atoms with E-state index in [1.165, 1.54) is 30.1 Å². The van der Waals surface area contributed by atoms with Gasteiger partial charge in [0, 0.05) is 18.7 Å². The minimum Gasteiger partial charge on any atom is -0.338 e. The van der Waals surface area contributed by atoms with E-state index >= 15 is 0 Å². The molecule has 0 N–H and O–H groups in total. The maximum atomic E-state index is 12.9. The Morgan fingerprint density at radius 2 is 1.78 bits per heavy atom. The summed E-state index contributed by atoms with van der Waals surface area (Å²) in [7, 11) is 0. The van der Waals surface area contributed by atoms with Crippen LogP contribution in [0.4, 0.5) is 4.39 Å². The Kier molecular flexibility index (Phi) is 3.29. The molecule has 18 heavy (non-hydrogen) atoms. The molecule has 4 heteroatoms. The van der Waals surface area contributed by atoms with E-state index in [-0.39, 0.29) is 11.7 Å². The second-order valence-corrected chi connectivity index (χ2v) is 6.30. The van der Waals surface area contributed by atoms with Gasteiger partial charge in [-0.3, -0.25) is 4.79 Å². The Morgan fingerprint density at radius 1 is 1.17 bits per heavy atom. The highest BCUT2D eigenvalue weighted by Crippen LogP contribution is 2.33. The number of thioether (sulfide) groups is 1. The number of rotatable bonds is 1. The van der Waals surface area contributed by atoms with E-state index in [2.05, 4.69) is 0 Å². The number of hydrogen-bond acceptors (Lipinski definition) is 2. The summed E-state index contributed by atoms with van der Waals surface area (Å²) in [5, 5.41) is 0. The molecule has 3 rings (SSSR count). The maximum Gasteiger partial charge on any atom is 0.253 e. The normalized spacial score (nSPS) is 27.1. The first-order valence-corrected chi connectivity index (χ1v) is 7.50. The zero-order valence-corrected chi connectivity index (χ0v) is 11.0. The molecule has 0 aliphatic carbocycles. The van der Waals surface area contributed by atoms with E-state index in [4.69, 9.17) is 0 Å². The van der Waals surface area contributed by atoms with Crippen molar-refractivity contribution in [2.75, 3.05) is 24.6 Å².